The molecule has 0 fully saturated rings. The number of hydrogen-bond donors (Lipinski definition) is 0. The molecule has 0 saturated carbocycles. The van der Waals surface area contributed by atoms with Gasteiger partial charge in [-0.05, 0) is 6.42 Å². The lowest BCUT2D eigenvalue weighted by Crippen LogP contribution is -2.49. The third-order valence-electron chi connectivity index (χ3n) is 2.38. The summed E-state index contributed by atoms with van der Waals surface area (Å²) < 4.78 is 24.3. The van der Waals surface area contributed by atoms with Crippen LogP contribution in [0.2, 0.25) is 12.1 Å². The molecule has 0 radical (unpaired) electrons. The van der Waals surface area contributed by atoms with Gasteiger partial charge in [-0.3, -0.25) is 24.0 Å². The Morgan fingerprint density at radius 1 is 0.667 bits per heavy atom. The van der Waals surface area contributed by atoms with E-state index in [-0.39, 0.29) is 18.0 Å². The summed E-state index contributed by atoms with van der Waals surface area (Å²) in [6, 6.07) is 0.838. The van der Waals surface area contributed by atoms with Crippen LogP contribution in [0.25, 0.3) is 0 Å². The van der Waals surface area contributed by atoms with E-state index in [1.807, 2.05) is 6.92 Å². The van der Waals surface area contributed by atoms with Gasteiger partial charge in [0.2, 0.25) is 0 Å². The van der Waals surface area contributed by atoms with Gasteiger partial charge in [0.25, 0.3) is 29.8 Å². The van der Waals surface area contributed by atoms with E-state index < -0.39 is 36.0 Å². The van der Waals surface area contributed by atoms with Gasteiger partial charge in [0.1, 0.15) is 0 Å². The first-order valence-corrected chi connectivity index (χ1v) is 12.0. The predicted octanol–water partition coefficient (Wildman–Crippen LogP) is 1.38. The van der Waals surface area contributed by atoms with Crippen LogP contribution in [-0.4, -0.2) is 47.9 Å². The molecule has 0 atom stereocenters. The first kappa shape index (κ1) is 27.0. The molecule has 0 aromatic heterocycles. The zero-order valence-corrected chi connectivity index (χ0v) is 18.9. The first-order valence-electron chi connectivity index (χ1n) is 8.30. The zero-order valence-electron chi connectivity index (χ0n) is 16.8. The Kier molecular flexibility index (Phi) is 13.9. The maximum atomic E-state index is 10.9. The zero-order chi connectivity index (χ0) is 21.6. The van der Waals surface area contributed by atoms with E-state index >= 15 is 0 Å². The second-order valence-corrected chi connectivity index (χ2v) is 9.90. The van der Waals surface area contributed by atoms with Crippen molar-refractivity contribution in [3.05, 3.63) is 0 Å². The van der Waals surface area contributed by atoms with Crippen molar-refractivity contribution in [2.75, 3.05) is 0 Å². The van der Waals surface area contributed by atoms with Crippen molar-refractivity contribution in [3.8, 4) is 0 Å². The summed E-state index contributed by atoms with van der Waals surface area (Å²) in [6.45, 7) is 9.75. The van der Waals surface area contributed by atoms with Crippen LogP contribution >= 0.6 is 0 Å². The molecule has 12 heteroatoms. The van der Waals surface area contributed by atoms with Crippen molar-refractivity contribution in [1.82, 2.24) is 0 Å². The Labute approximate surface area is 161 Å². The van der Waals surface area contributed by atoms with Crippen LogP contribution in [-0.2, 0) is 46.1 Å². The van der Waals surface area contributed by atoms with Crippen molar-refractivity contribution in [1.29, 1.82) is 0 Å². The third kappa shape index (κ3) is 15.7. The average Bonchev–Trinajstić information content (AvgIpc) is 2.43. The molecule has 0 aliphatic carbocycles. The SMILES string of the molecule is CCC[Si](OC(C)=O)(OC(C)=O)OC(C)=O.CC[SiH](OC(C)=O)OC(C)=O. The Hall–Kier alpha value is -2.22. The van der Waals surface area contributed by atoms with Crippen LogP contribution in [0.15, 0.2) is 0 Å². The van der Waals surface area contributed by atoms with Gasteiger partial charge in [-0.1, -0.05) is 13.8 Å². The number of rotatable bonds is 8. The lowest BCUT2D eigenvalue weighted by atomic mass is 10.6. The molecule has 0 aliphatic heterocycles. The van der Waals surface area contributed by atoms with Crippen molar-refractivity contribution < 1.29 is 46.1 Å². The second kappa shape index (κ2) is 13.9. The maximum absolute atomic E-state index is 10.9. The Morgan fingerprint density at radius 3 is 1.19 bits per heavy atom. The van der Waals surface area contributed by atoms with E-state index in [0.717, 1.165) is 0 Å². The highest BCUT2D eigenvalue weighted by atomic mass is 28.4. The van der Waals surface area contributed by atoms with Crippen LogP contribution < -0.4 is 0 Å². The van der Waals surface area contributed by atoms with E-state index in [1.165, 1.54) is 34.6 Å². The summed E-state index contributed by atoms with van der Waals surface area (Å²) in [5, 5.41) is 0. The second-order valence-electron chi connectivity index (χ2n) is 5.27. The van der Waals surface area contributed by atoms with E-state index in [9.17, 15) is 24.0 Å². The summed E-state index contributed by atoms with van der Waals surface area (Å²) in [5.41, 5.74) is 0. The van der Waals surface area contributed by atoms with Crippen LogP contribution in [0.3, 0.4) is 0 Å². The van der Waals surface area contributed by atoms with Gasteiger partial charge in [-0.15, -0.1) is 0 Å². The lowest BCUT2D eigenvalue weighted by molar-refractivity contribution is -0.148. The molecule has 0 aliphatic rings. The molecule has 0 bridgehead atoms. The highest BCUT2D eigenvalue weighted by Gasteiger charge is 2.50. The molecule has 0 N–H and O–H groups in total. The summed E-state index contributed by atoms with van der Waals surface area (Å²) in [7, 11) is -5.56. The van der Waals surface area contributed by atoms with Crippen molar-refractivity contribution in [2.45, 2.75) is 67.0 Å². The topological polar surface area (TPSA) is 132 Å². The van der Waals surface area contributed by atoms with Gasteiger partial charge in [-0.2, -0.15) is 0 Å². The average molecular weight is 425 g/mol. The fourth-order valence-corrected chi connectivity index (χ4v) is 5.22. The largest absolute Gasteiger partial charge is 0.705 e. The molecule has 0 heterocycles. The molecule has 0 unspecified atom stereocenters. The Balaban J connectivity index is 0. The molecule has 0 amide bonds. The van der Waals surface area contributed by atoms with E-state index in [0.29, 0.717) is 12.5 Å². The van der Waals surface area contributed by atoms with Crippen LogP contribution in [0.4, 0.5) is 0 Å². The van der Waals surface area contributed by atoms with E-state index in [1.54, 1.807) is 6.92 Å². The van der Waals surface area contributed by atoms with Gasteiger partial charge >= 0.3 is 18.1 Å². The van der Waals surface area contributed by atoms with E-state index in [4.69, 9.17) is 22.1 Å². The molecule has 0 saturated heterocycles. The van der Waals surface area contributed by atoms with Crippen molar-refractivity contribution >= 4 is 47.9 Å². The summed E-state index contributed by atoms with van der Waals surface area (Å²) in [5.74, 6) is -2.68. The smallest absolute Gasteiger partial charge is 0.487 e. The van der Waals surface area contributed by atoms with Crippen LogP contribution in [0, 0.1) is 0 Å². The first-order chi connectivity index (χ1) is 12.4. The lowest BCUT2D eigenvalue weighted by Gasteiger charge is -2.25. The van der Waals surface area contributed by atoms with Crippen LogP contribution in [0.5, 0.6) is 0 Å². The molecule has 10 nitrogen and oxygen atoms in total. The summed E-state index contributed by atoms with van der Waals surface area (Å²) in [4.78, 5) is 53.6. The number of carbonyl (C=O) groups is 5. The molecule has 27 heavy (non-hydrogen) atoms. The molecule has 0 aromatic rings. The van der Waals surface area contributed by atoms with Gasteiger partial charge < -0.3 is 22.1 Å². The summed E-state index contributed by atoms with van der Waals surface area (Å²) >= 11 is 0. The predicted molar refractivity (Wildman–Crippen MR) is 97.3 cm³/mol. The Bertz CT molecular complexity index is 478. The minimum absolute atomic E-state index is 0.228. The van der Waals surface area contributed by atoms with Gasteiger partial charge in [-0.25, -0.2) is 0 Å². The van der Waals surface area contributed by atoms with Crippen molar-refractivity contribution in [3.63, 3.8) is 0 Å². The van der Waals surface area contributed by atoms with Gasteiger partial charge in [0, 0.05) is 40.7 Å². The molecule has 0 rings (SSSR count). The summed E-state index contributed by atoms with van der Waals surface area (Å²) in [6.07, 6.45) is 0.570. The minimum atomic E-state index is -3.53. The standard InChI is InChI=1S/C9H16O6Si.C6H12O4Si/c1-5-6-16(13-7(2)10,14-8(3)11)15-9(4)12;1-4-11(9-5(2)7)10-6(3)8/h5-6H2,1-4H3;11H,4H2,1-3H3. The fraction of sp³-hybridized carbons (Fsp3) is 0.667. The van der Waals surface area contributed by atoms with Gasteiger partial charge in [0.15, 0.2) is 0 Å². The highest BCUT2D eigenvalue weighted by Crippen LogP contribution is 2.18. The molecule has 0 spiro atoms. The number of carbonyl (C=O) groups excluding carboxylic acids is 5. The normalized spacial score (nSPS) is 10.1. The fourth-order valence-electron chi connectivity index (χ4n) is 1.74. The quantitative estimate of drug-likeness (QED) is 0.526. The highest BCUT2D eigenvalue weighted by molar-refractivity contribution is 6.65. The molecular weight excluding hydrogens is 396 g/mol. The van der Waals surface area contributed by atoms with Crippen LogP contribution in [0.1, 0.15) is 54.9 Å². The third-order valence-corrected chi connectivity index (χ3v) is 7.15. The van der Waals surface area contributed by atoms with E-state index in [2.05, 4.69) is 0 Å². The van der Waals surface area contributed by atoms with Gasteiger partial charge in [0.05, 0.1) is 6.04 Å². The van der Waals surface area contributed by atoms with Crippen molar-refractivity contribution in [2.24, 2.45) is 0 Å². The molecular formula is C15H28O10Si2. The monoisotopic (exact) mass is 424 g/mol. The maximum Gasteiger partial charge on any atom is 0.705 e. The molecule has 0 aromatic carbocycles. The Morgan fingerprint density at radius 2 is 1.00 bits per heavy atom. The minimum Gasteiger partial charge on any atom is -0.487 e. The molecule has 156 valence electrons. The number of hydrogen-bond acceptors (Lipinski definition) is 10.